The lowest BCUT2D eigenvalue weighted by Gasteiger charge is -2.12. The van der Waals surface area contributed by atoms with Gasteiger partial charge in [0.15, 0.2) is 12.4 Å². The zero-order chi connectivity index (χ0) is 22.9. The summed E-state index contributed by atoms with van der Waals surface area (Å²) in [5.74, 6) is 0. The third-order valence-corrected chi connectivity index (χ3v) is 6.14. The lowest BCUT2D eigenvalue weighted by molar-refractivity contribution is -0.594. The smallest absolute Gasteiger partial charge is 0.422 e. The summed E-state index contributed by atoms with van der Waals surface area (Å²) in [5.41, 5.74) is 6.41. The maximum atomic E-state index is 9.34. The van der Waals surface area contributed by atoms with Crippen LogP contribution in [0.1, 0.15) is 5.69 Å². The lowest BCUT2D eigenvalue weighted by atomic mass is 9.86. The molecule has 3 heterocycles. The van der Waals surface area contributed by atoms with Crippen molar-refractivity contribution < 1.29 is 14.6 Å². The van der Waals surface area contributed by atoms with E-state index in [9.17, 15) is 10.0 Å². The van der Waals surface area contributed by atoms with Crippen LogP contribution in [-0.4, -0.2) is 27.1 Å². The highest BCUT2D eigenvalue weighted by molar-refractivity contribution is 9.10. The fraction of sp³-hybridized carbons (Fsp3) is 0.0385. The summed E-state index contributed by atoms with van der Waals surface area (Å²) in [4.78, 5) is 8.65. The first-order valence-electron chi connectivity index (χ1n) is 10.5. The van der Waals surface area contributed by atoms with E-state index in [1.54, 1.807) is 12.3 Å². The van der Waals surface area contributed by atoms with Crippen LogP contribution in [0.2, 0.25) is 0 Å². The van der Waals surface area contributed by atoms with Crippen molar-refractivity contribution in [1.82, 2.24) is 9.97 Å². The SMILES string of the molecule is Cc1ccc(-c2ccc(-c3cccc(Br)c3)c3c[n+](-c4ccc(B(O)O)nc4)ccc23)cn1. The van der Waals surface area contributed by atoms with Crippen LogP contribution in [0.3, 0.4) is 0 Å². The molecule has 0 fully saturated rings. The Balaban J connectivity index is 1.73. The maximum Gasteiger partial charge on any atom is 0.508 e. The standard InChI is InChI=1S/C26H20BBrN3O2/c1-17-5-6-19(14-29-17)23-9-8-22(18-3-2-4-20(28)13-18)25-16-31(12-11-24(23)25)21-7-10-26(27(32)33)30-15-21/h2-16,32-33H,1H3/q+1. The summed E-state index contributed by atoms with van der Waals surface area (Å²) in [6, 6.07) is 22.2. The summed E-state index contributed by atoms with van der Waals surface area (Å²) >= 11 is 3.59. The van der Waals surface area contributed by atoms with Crippen LogP contribution in [0, 0.1) is 6.92 Å². The molecule has 0 amide bonds. The first-order chi connectivity index (χ1) is 16.0. The van der Waals surface area contributed by atoms with E-state index < -0.39 is 7.12 Å². The predicted octanol–water partition coefficient (Wildman–Crippen LogP) is 3.99. The number of aromatic nitrogens is 3. The van der Waals surface area contributed by atoms with Gasteiger partial charge >= 0.3 is 7.12 Å². The highest BCUT2D eigenvalue weighted by atomic mass is 79.9. The van der Waals surface area contributed by atoms with Crippen LogP contribution in [0.5, 0.6) is 0 Å². The van der Waals surface area contributed by atoms with Crippen molar-refractivity contribution in [3.63, 3.8) is 0 Å². The third kappa shape index (κ3) is 4.31. The van der Waals surface area contributed by atoms with Crippen LogP contribution >= 0.6 is 15.9 Å². The molecule has 0 saturated carbocycles. The Kier molecular flexibility index (Phi) is 5.76. The molecule has 0 atom stereocenters. The van der Waals surface area contributed by atoms with Crippen molar-refractivity contribution in [2.75, 3.05) is 0 Å². The molecule has 5 nitrogen and oxygen atoms in total. The average Bonchev–Trinajstić information content (AvgIpc) is 2.83. The van der Waals surface area contributed by atoms with Crippen LogP contribution in [-0.2, 0) is 0 Å². The zero-order valence-corrected chi connectivity index (χ0v) is 19.4. The fourth-order valence-corrected chi connectivity index (χ4v) is 4.34. The summed E-state index contributed by atoms with van der Waals surface area (Å²) in [5, 5.41) is 20.9. The van der Waals surface area contributed by atoms with Gasteiger partial charge in [0.1, 0.15) is 0 Å². The molecule has 0 aliphatic carbocycles. The van der Waals surface area contributed by atoms with E-state index in [0.717, 1.165) is 48.9 Å². The minimum Gasteiger partial charge on any atom is -0.422 e. The topological polar surface area (TPSA) is 70.1 Å². The minimum absolute atomic E-state index is 0.212. The maximum absolute atomic E-state index is 9.34. The fourth-order valence-electron chi connectivity index (χ4n) is 3.94. The number of fused-ring (bicyclic) bond motifs is 1. The van der Waals surface area contributed by atoms with E-state index >= 15 is 0 Å². The molecular formula is C26H20BBrN3O2+. The van der Waals surface area contributed by atoms with Gasteiger partial charge in [0, 0.05) is 39.4 Å². The third-order valence-electron chi connectivity index (χ3n) is 5.65. The monoisotopic (exact) mass is 496 g/mol. The van der Waals surface area contributed by atoms with E-state index in [1.807, 2.05) is 48.1 Å². The van der Waals surface area contributed by atoms with Gasteiger partial charge in [0.2, 0.25) is 5.69 Å². The van der Waals surface area contributed by atoms with Crippen LogP contribution in [0.15, 0.2) is 96.0 Å². The Bertz CT molecular complexity index is 1460. The molecule has 0 aliphatic rings. The number of halogens is 1. The molecule has 2 N–H and O–H groups in total. The first kappa shape index (κ1) is 21.5. The molecule has 160 valence electrons. The number of hydrogen-bond donors (Lipinski definition) is 2. The number of pyridine rings is 3. The minimum atomic E-state index is -1.59. The first-order valence-corrected chi connectivity index (χ1v) is 11.3. The molecule has 0 aliphatic heterocycles. The highest BCUT2D eigenvalue weighted by Crippen LogP contribution is 2.35. The Morgan fingerprint density at radius 3 is 2.30 bits per heavy atom. The van der Waals surface area contributed by atoms with Gasteiger partial charge in [-0.15, -0.1) is 0 Å². The molecule has 0 bridgehead atoms. The number of nitrogens with zero attached hydrogens (tertiary/aromatic N) is 3. The molecule has 0 unspecified atom stereocenters. The van der Waals surface area contributed by atoms with Gasteiger partial charge in [-0.1, -0.05) is 46.3 Å². The zero-order valence-electron chi connectivity index (χ0n) is 17.9. The van der Waals surface area contributed by atoms with Gasteiger partial charge in [0.05, 0.1) is 17.2 Å². The Labute approximate surface area is 200 Å². The Morgan fingerprint density at radius 1 is 0.818 bits per heavy atom. The predicted molar refractivity (Wildman–Crippen MR) is 134 cm³/mol. The van der Waals surface area contributed by atoms with Crippen LogP contribution in [0.25, 0.3) is 38.7 Å². The second kappa shape index (κ2) is 8.86. The largest absolute Gasteiger partial charge is 0.508 e. The van der Waals surface area contributed by atoms with E-state index in [2.05, 4.69) is 68.5 Å². The number of hydrogen-bond acceptors (Lipinski definition) is 4. The van der Waals surface area contributed by atoms with Crippen LogP contribution in [0.4, 0.5) is 0 Å². The summed E-state index contributed by atoms with van der Waals surface area (Å²) in [7, 11) is -1.59. The molecular weight excluding hydrogens is 477 g/mol. The van der Waals surface area contributed by atoms with Gasteiger partial charge in [-0.05, 0) is 47.9 Å². The van der Waals surface area contributed by atoms with Gasteiger partial charge in [-0.25, -0.2) is 0 Å². The summed E-state index contributed by atoms with van der Waals surface area (Å²) in [6.07, 6.45) is 7.62. The molecule has 7 heteroatoms. The lowest BCUT2D eigenvalue weighted by Crippen LogP contribution is -2.35. The van der Waals surface area contributed by atoms with Crippen molar-refractivity contribution >= 4 is 39.4 Å². The van der Waals surface area contributed by atoms with Crippen molar-refractivity contribution in [2.24, 2.45) is 0 Å². The van der Waals surface area contributed by atoms with E-state index in [1.165, 1.54) is 0 Å². The van der Waals surface area contributed by atoms with Crippen molar-refractivity contribution in [3.8, 4) is 27.9 Å². The van der Waals surface area contributed by atoms with Crippen molar-refractivity contribution in [2.45, 2.75) is 6.92 Å². The highest BCUT2D eigenvalue weighted by Gasteiger charge is 2.17. The molecule has 33 heavy (non-hydrogen) atoms. The van der Waals surface area contributed by atoms with Crippen molar-refractivity contribution in [1.29, 1.82) is 0 Å². The van der Waals surface area contributed by atoms with E-state index in [4.69, 9.17) is 0 Å². The molecule has 0 saturated heterocycles. The van der Waals surface area contributed by atoms with Gasteiger partial charge in [0.25, 0.3) is 0 Å². The second-order valence-electron chi connectivity index (χ2n) is 7.85. The number of rotatable bonds is 4. The average molecular weight is 497 g/mol. The van der Waals surface area contributed by atoms with Gasteiger partial charge in [-0.3, -0.25) is 9.97 Å². The molecule has 3 aromatic heterocycles. The molecule has 2 aromatic carbocycles. The molecule has 5 rings (SSSR count). The molecule has 0 spiro atoms. The van der Waals surface area contributed by atoms with Gasteiger partial charge < -0.3 is 10.0 Å². The van der Waals surface area contributed by atoms with E-state index in [0.29, 0.717) is 0 Å². The second-order valence-corrected chi connectivity index (χ2v) is 8.77. The Morgan fingerprint density at radius 2 is 1.64 bits per heavy atom. The van der Waals surface area contributed by atoms with Crippen LogP contribution < -0.4 is 10.2 Å². The van der Waals surface area contributed by atoms with Gasteiger partial charge in [-0.2, -0.15) is 4.57 Å². The number of aryl methyl sites for hydroxylation is 1. The normalized spacial score (nSPS) is 11.0. The quantitative estimate of drug-likeness (QED) is 0.291. The number of benzene rings is 2. The van der Waals surface area contributed by atoms with E-state index in [-0.39, 0.29) is 5.59 Å². The summed E-state index contributed by atoms with van der Waals surface area (Å²) < 4.78 is 3.01. The molecule has 0 radical (unpaired) electrons. The summed E-state index contributed by atoms with van der Waals surface area (Å²) in [6.45, 7) is 1.98. The molecule has 5 aromatic rings. The Hall–Kier alpha value is -3.39. The van der Waals surface area contributed by atoms with Crippen molar-refractivity contribution in [3.05, 3.63) is 102 Å².